The van der Waals surface area contributed by atoms with E-state index in [0.717, 1.165) is 16.9 Å². The fraction of sp³-hybridized carbons (Fsp3) is 0.727. The van der Waals surface area contributed by atoms with E-state index in [9.17, 15) is 4.79 Å². The van der Waals surface area contributed by atoms with E-state index in [4.69, 9.17) is 0 Å². The Labute approximate surface area is 98.8 Å². The van der Waals surface area contributed by atoms with Gasteiger partial charge in [-0.25, -0.2) is 0 Å². The minimum absolute atomic E-state index is 0.0318. The molecule has 3 atom stereocenters. The molecule has 3 nitrogen and oxygen atoms in total. The fourth-order valence-electron chi connectivity index (χ4n) is 2.77. The summed E-state index contributed by atoms with van der Waals surface area (Å²) in [6.07, 6.45) is 3.77. The second-order valence-corrected chi connectivity index (χ2v) is 5.60. The molecular formula is C11H17BrN2O. The van der Waals surface area contributed by atoms with Crippen molar-refractivity contribution < 1.29 is 4.79 Å². The molecule has 2 rings (SSSR count). The average molecular weight is 273 g/mol. The highest BCUT2D eigenvalue weighted by Crippen LogP contribution is 2.37. The van der Waals surface area contributed by atoms with E-state index in [2.05, 4.69) is 33.1 Å². The molecule has 0 bridgehead atoms. The van der Waals surface area contributed by atoms with Gasteiger partial charge in [0.1, 0.15) is 0 Å². The molecule has 1 amide bonds. The number of amides is 1. The number of rotatable bonds is 3. The summed E-state index contributed by atoms with van der Waals surface area (Å²) in [7, 11) is 0. The summed E-state index contributed by atoms with van der Waals surface area (Å²) >= 11 is 3.24. The van der Waals surface area contributed by atoms with Crippen molar-refractivity contribution in [1.29, 1.82) is 0 Å². The van der Waals surface area contributed by atoms with Crippen LogP contribution >= 0.6 is 15.9 Å². The number of fused-ring (bicyclic) bond motifs is 1. The first kappa shape index (κ1) is 11.1. The summed E-state index contributed by atoms with van der Waals surface area (Å²) in [6, 6.07) is 0.0318. The Bertz CT molecular complexity index is 280. The normalized spacial score (nSPS) is 33.8. The van der Waals surface area contributed by atoms with E-state index in [1.165, 1.54) is 19.3 Å². The summed E-state index contributed by atoms with van der Waals surface area (Å²) in [6.45, 7) is 5.24. The molecular weight excluding hydrogens is 256 g/mol. The monoisotopic (exact) mass is 272 g/mol. The quantitative estimate of drug-likeness (QED) is 0.816. The van der Waals surface area contributed by atoms with Gasteiger partial charge < -0.3 is 10.6 Å². The van der Waals surface area contributed by atoms with Crippen LogP contribution in [0.25, 0.3) is 0 Å². The fourth-order valence-corrected chi connectivity index (χ4v) is 2.91. The van der Waals surface area contributed by atoms with Crippen LogP contribution in [0.15, 0.2) is 11.1 Å². The van der Waals surface area contributed by atoms with Crippen LogP contribution in [-0.4, -0.2) is 25.0 Å². The van der Waals surface area contributed by atoms with Gasteiger partial charge in [0.2, 0.25) is 5.91 Å². The van der Waals surface area contributed by atoms with Crippen molar-refractivity contribution in [2.24, 2.45) is 11.8 Å². The molecule has 3 unspecified atom stereocenters. The van der Waals surface area contributed by atoms with Gasteiger partial charge in [-0.05, 0) is 31.2 Å². The lowest BCUT2D eigenvalue weighted by atomic mass is 9.94. The molecule has 1 heterocycles. The predicted molar refractivity (Wildman–Crippen MR) is 63.7 cm³/mol. The SMILES string of the molecule is C=C(Br)CNC(=O)C1NCC2CCCC21. The van der Waals surface area contributed by atoms with E-state index >= 15 is 0 Å². The summed E-state index contributed by atoms with van der Waals surface area (Å²) in [4.78, 5) is 11.9. The van der Waals surface area contributed by atoms with Crippen LogP contribution in [0.2, 0.25) is 0 Å². The summed E-state index contributed by atoms with van der Waals surface area (Å²) in [5.41, 5.74) is 0. The van der Waals surface area contributed by atoms with E-state index in [1.807, 2.05) is 0 Å². The van der Waals surface area contributed by atoms with Gasteiger partial charge in [0.15, 0.2) is 0 Å². The second kappa shape index (κ2) is 4.66. The van der Waals surface area contributed by atoms with E-state index in [0.29, 0.717) is 12.5 Å². The highest BCUT2D eigenvalue weighted by Gasteiger charge is 2.42. The van der Waals surface area contributed by atoms with Gasteiger partial charge in [0.05, 0.1) is 6.04 Å². The van der Waals surface area contributed by atoms with Crippen LogP contribution in [-0.2, 0) is 4.79 Å². The molecule has 0 aromatic rings. The molecule has 2 aliphatic rings. The molecule has 84 valence electrons. The van der Waals surface area contributed by atoms with Crippen LogP contribution in [0.3, 0.4) is 0 Å². The van der Waals surface area contributed by atoms with Crippen LogP contribution < -0.4 is 10.6 Å². The molecule has 2 N–H and O–H groups in total. The first-order valence-electron chi connectivity index (χ1n) is 5.53. The minimum atomic E-state index is 0.0318. The van der Waals surface area contributed by atoms with Crippen LogP contribution in [0.5, 0.6) is 0 Å². The Kier molecular flexibility index (Phi) is 3.46. The van der Waals surface area contributed by atoms with Crippen molar-refractivity contribution in [2.45, 2.75) is 25.3 Å². The van der Waals surface area contributed by atoms with Crippen molar-refractivity contribution >= 4 is 21.8 Å². The third-order valence-electron chi connectivity index (χ3n) is 3.48. The number of carbonyl (C=O) groups excluding carboxylic acids is 1. The molecule has 15 heavy (non-hydrogen) atoms. The van der Waals surface area contributed by atoms with Crippen LogP contribution in [0.1, 0.15) is 19.3 Å². The maximum atomic E-state index is 11.9. The third-order valence-corrected chi connectivity index (χ3v) is 3.76. The third kappa shape index (κ3) is 2.42. The Morgan fingerprint density at radius 1 is 1.53 bits per heavy atom. The van der Waals surface area contributed by atoms with Gasteiger partial charge in [-0.15, -0.1) is 0 Å². The highest BCUT2D eigenvalue weighted by atomic mass is 79.9. The average Bonchev–Trinajstić information content (AvgIpc) is 2.74. The molecule has 0 spiro atoms. The van der Waals surface area contributed by atoms with Crippen molar-refractivity contribution in [1.82, 2.24) is 10.6 Å². The van der Waals surface area contributed by atoms with Gasteiger partial charge in [-0.3, -0.25) is 4.79 Å². The zero-order valence-corrected chi connectivity index (χ0v) is 10.3. The van der Waals surface area contributed by atoms with Crippen molar-refractivity contribution in [3.63, 3.8) is 0 Å². The smallest absolute Gasteiger partial charge is 0.237 e. The Morgan fingerprint density at radius 2 is 2.33 bits per heavy atom. The molecule has 2 fully saturated rings. The van der Waals surface area contributed by atoms with Gasteiger partial charge in [-0.2, -0.15) is 0 Å². The number of hydrogen-bond donors (Lipinski definition) is 2. The predicted octanol–water partition coefficient (Wildman–Crippen LogP) is 1.40. The van der Waals surface area contributed by atoms with E-state index in [1.54, 1.807) is 0 Å². The van der Waals surface area contributed by atoms with Gasteiger partial charge >= 0.3 is 0 Å². The van der Waals surface area contributed by atoms with Crippen molar-refractivity contribution in [3.05, 3.63) is 11.1 Å². The largest absolute Gasteiger partial charge is 0.350 e. The standard InChI is InChI=1S/C11H17BrN2O/c1-7(12)5-14-11(15)10-9-4-2-3-8(9)6-13-10/h8-10,13H,1-6H2,(H,14,15). The van der Waals surface area contributed by atoms with E-state index < -0.39 is 0 Å². The van der Waals surface area contributed by atoms with Crippen molar-refractivity contribution in [2.75, 3.05) is 13.1 Å². The molecule has 1 aliphatic carbocycles. The van der Waals surface area contributed by atoms with Gasteiger partial charge in [-0.1, -0.05) is 28.9 Å². The first-order valence-corrected chi connectivity index (χ1v) is 6.32. The molecule has 0 aromatic carbocycles. The molecule has 0 aromatic heterocycles. The van der Waals surface area contributed by atoms with E-state index in [-0.39, 0.29) is 11.9 Å². The highest BCUT2D eigenvalue weighted by molar-refractivity contribution is 9.11. The van der Waals surface area contributed by atoms with Crippen LogP contribution in [0.4, 0.5) is 0 Å². The van der Waals surface area contributed by atoms with Gasteiger partial charge in [0, 0.05) is 11.0 Å². The summed E-state index contributed by atoms with van der Waals surface area (Å²) < 4.78 is 0.816. The minimum Gasteiger partial charge on any atom is -0.350 e. The lowest BCUT2D eigenvalue weighted by Gasteiger charge is -2.17. The number of halogens is 1. The zero-order chi connectivity index (χ0) is 10.8. The lowest BCUT2D eigenvalue weighted by Crippen LogP contribution is -2.44. The molecule has 1 saturated carbocycles. The summed E-state index contributed by atoms with van der Waals surface area (Å²) in [5.74, 6) is 1.42. The van der Waals surface area contributed by atoms with Gasteiger partial charge in [0.25, 0.3) is 0 Å². The molecule has 1 saturated heterocycles. The van der Waals surface area contributed by atoms with Crippen LogP contribution in [0, 0.1) is 11.8 Å². The second-order valence-electron chi connectivity index (χ2n) is 4.48. The lowest BCUT2D eigenvalue weighted by molar-refractivity contribution is -0.123. The zero-order valence-electron chi connectivity index (χ0n) is 8.76. The number of carbonyl (C=O) groups is 1. The maximum Gasteiger partial charge on any atom is 0.237 e. The maximum absolute atomic E-state index is 11.9. The summed E-state index contributed by atoms with van der Waals surface area (Å²) in [5, 5.41) is 6.21. The molecule has 0 radical (unpaired) electrons. The van der Waals surface area contributed by atoms with Crippen molar-refractivity contribution in [3.8, 4) is 0 Å². The Hall–Kier alpha value is -0.350. The Morgan fingerprint density at radius 3 is 3.07 bits per heavy atom. The Balaban J connectivity index is 1.87. The topological polar surface area (TPSA) is 41.1 Å². The molecule has 4 heteroatoms. The number of nitrogens with one attached hydrogen (secondary N) is 2. The first-order chi connectivity index (χ1) is 7.18. The number of hydrogen-bond acceptors (Lipinski definition) is 2. The molecule has 1 aliphatic heterocycles.